The van der Waals surface area contributed by atoms with Gasteiger partial charge in [-0.3, -0.25) is 9.79 Å². The fourth-order valence-corrected chi connectivity index (χ4v) is 3.72. The Morgan fingerprint density at radius 3 is 2.67 bits per heavy atom. The minimum Gasteiger partial charge on any atom is -0.356 e. The van der Waals surface area contributed by atoms with Crippen molar-refractivity contribution in [3.63, 3.8) is 0 Å². The number of thiophene rings is 1. The molecule has 0 radical (unpaired) electrons. The molecule has 0 bridgehead atoms. The maximum Gasteiger partial charge on any atom is 0.223 e. The van der Waals surface area contributed by atoms with Gasteiger partial charge in [-0.2, -0.15) is 0 Å². The van der Waals surface area contributed by atoms with Crippen molar-refractivity contribution < 1.29 is 4.79 Å². The topological polar surface area (TPSA) is 65.5 Å². The predicted octanol–water partition coefficient (Wildman–Crippen LogP) is 2.46. The third-order valence-electron chi connectivity index (χ3n) is 4.33. The van der Waals surface area contributed by atoms with Crippen molar-refractivity contribution in [2.24, 2.45) is 10.9 Å². The second-order valence-electron chi connectivity index (χ2n) is 6.53. The lowest BCUT2D eigenvalue weighted by Gasteiger charge is -2.24. The zero-order chi connectivity index (χ0) is 17.4. The van der Waals surface area contributed by atoms with Crippen LogP contribution in [0.2, 0.25) is 0 Å². The standard InChI is InChI=1S/C18H30N4OS/c1-13(12-16-9-8-14(2)24-16)22-18(19-3)21-11-5-10-20-17(23)15-6-4-7-15/h8-9,13,15H,4-7,10-12H2,1-3H3,(H,20,23)(H2,19,21,22). The minimum atomic E-state index is 0.226. The molecule has 1 atom stereocenters. The van der Waals surface area contributed by atoms with Gasteiger partial charge in [-0.1, -0.05) is 6.42 Å². The van der Waals surface area contributed by atoms with Crippen LogP contribution in [0.25, 0.3) is 0 Å². The zero-order valence-corrected chi connectivity index (χ0v) is 15.8. The molecule has 5 nitrogen and oxygen atoms in total. The molecular formula is C18H30N4OS. The van der Waals surface area contributed by atoms with Crippen LogP contribution in [0.15, 0.2) is 17.1 Å². The summed E-state index contributed by atoms with van der Waals surface area (Å²) in [5, 5.41) is 9.75. The molecule has 1 aliphatic carbocycles. The van der Waals surface area contributed by atoms with Crippen LogP contribution >= 0.6 is 11.3 Å². The predicted molar refractivity (Wildman–Crippen MR) is 102 cm³/mol. The lowest BCUT2D eigenvalue weighted by molar-refractivity contribution is -0.127. The number of guanidine groups is 1. The Kier molecular flexibility index (Phi) is 7.56. The maximum atomic E-state index is 11.7. The van der Waals surface area contributed by atoms with Gasteiger partial charge in [0.1, 0.15) is 0 Å². The number of amides is 1. The van der Waals surface area contributed by atoms with Crippen LogP contribution in [-0.2, 0) is 11.2 Å². The summed E-state index contributed by atoms with van der Waals surface area (Å²) >= 11 is 1.85. The first kappa shape index (κ1) is 18.8. The van der Waals surface area contributed by atoms with Crippen LogP contribution in [-0.4, -0.2) is 38.0 Å². The second-order valence-corrected chi connectivity index (χ2v) is 7.91. The van der Waals surface area contributed by atoms with Crippen LogP contribution in [0.3, 0.4) is 0 Å². The number of aryl methyl sites for hydroxylation is 1. The summed E-state index contributed by atoms with van der Waals surface area (Å²) in [5.74, 6) is 1.32. The Hall–Kier alpha value is -1.56. The highest BCUT2D eigenvalue weighted by Crippen LogP contribution is 2.26. The average Bonchev–Trinajstić information content (AvgIpc) is 2.88. The molecule has 24 heavy (non-hydrogen) atoms. The summed E-state index contributed by atoms with van der Waals surface area (Å²) in [5.41, 5.74) is 0. The van der Waals surface area contributed by atoms with Gasteiger partial charge in [0, 0.05) is 48.3 Å². The lowest BCUT2D eigenvalue weighted by Crippen LogP contribution is -2.44. The summed E-state index contributed by atoms with van der Waals surface area (Å²) in [6.07, 6.45) is 5.21. The number of hydrogen-bond donors (Lipinski definition) is 3. The van der Waals surface area contributed by atoms with Crippen molar-refractivity contribution in [3.05, 3.63) is 21.9 Å². The van der Waals surface area contributed by atoms with Gasteiger partial charge in [0.25, 0.3) is 0 Å². The van der Waals surface area contributed by atoms with E-state index >= 15 is 0 Å². The van der Waals surface area contributed by atoms with E-state index in [-0.39, 0.29) is 11.8 Å². The van der Waals surface area contributed by atoms with E-state index in [1.54, 1.807) is 7.05 Å². The van der Waals surface area contributed by atoms with E-state index < -0.39 is 0 Å². The molecule has 0 aromatic carbocycles. The van der Waals surface area contributed by atoms with Gasteiger partial charge < -0.3 is 16.0 Å². The number of nitrogens with zero attached hydrogens (tertiary/aromatic N) is 1. The number of carbonyl (C=O) groups is 1. The summed E-state index contributed by atoms with van der Waals surface area (Å²) in [7, 11) is 1.79. The van der Waals surface area contributed by atoms with E-state index in [2.05, 4.69) is 46.9 Å². The van der Waals surface area contributed by atoms with E-state index in [1.807, 2.05) is 11.3 Å². The number of carbonyl (C=O) groups excluding carboxylic acids is 1. The van der Waals surface area contributed by atoms with Crippen molar-refractivity contribution in [1.29, 1.82) is 0 Å². The van der Waals surface area contributed by atoms with Crippen molar-refractivity contribution in [3.8, 4) is 0 Å². The largest absolute Gasteiger partial charge is 0.356 e. The van der Waals surface area contributed by atoms with Crippen molar-refractivity contribution in [2.45, 2.75) is 52.0 Å². The van der Waals surface area contributed by atoms with Crippen molar-refractivity contribution in [1.82, 2.24) is 16.0 Å². The summed E-state index contributed by atoms with van der Waals surface area (Å²) in [4.78, 5) is 18.7. The monoisotopic (exact) mass is 350 g/mol. The molecule has 1 heterocycles. The first-order valence-electron chi connectivity index (χ1n) is 8.88. The van der Waals surface area contributed by atoms with Crippen LogP contribution < -0.4 is 16.0 Å². The molecule has 6 heteroatoms. The molecule has 1 aliphatic rings. The van der Waals surface area contributed by atoms with Crippen LogP contribution in [0.5, 0.6) is 0 Å². The molecule has 2 rings (SSSR count). The molecule has 1 aromatic heterocycles. The van der Waals surface area contributed by atoms with Gasteiger partial charge in [-0.25, -0.2) is 0 Å². The molecule has 0 saturated heterocycles. The summed E-state index contributed by atoms with van der Waals surface area (Å²) in [6, 6.07) is 4.68. The van der Waals surface area contributed by atoms with E-state index in [0.717, 1.165) is 44.7 Å². The highest BCUT2D eigenvalue weighted by molar-refractivity contribution is 7.11. The van der Waals surface area contributed by atoms with Crippen LogP contribution in [0.1, 0.15) is 42.4 Å². The van der Waals surface area contributed by atoms with Crippen molar-refractivity contribution in [2.75, 3.05) is 20.1 Å². The quantitative estimate of drug-likeness (QED) is 0.383. The SMILES string of the molecule is CN=C(NCCCNC(=O)C1CCC1)NC(C)Cc1ccc(C)s1. The summed E-state index contributed by atoms with van der Waals surface area (Å²) in [6.45, 7) is 5.83. The fourth-order valence-electron chi connectivity index (χ4n) is 2.70. The highest BCUT2D eigenvalue weighted by Gasteiger charge is 2.24. The smallest absolute Gasteiger partial charge is 0.223 e. The fraction of sp³-hybridized carbons (Fsp3) is 0.667. The Morgan fingerprint density at radius 1 is 1.33 bits per heavy atom. The number of nitrogens with one attached hydrogen (secondary N) is 3. The van der Waals surface area contributed by atoms with Crippen molar-refractivity contribution >= 4 is 23.2 Å². The molecule has 3 N–H and O–H groups in total. The van der Waals surface area contributed by atoms with E-state index in [9.17, 15) is 4.79 Å². The zero-order valence-electron chi connectivity index (χ0n) is 15.0. The van der Waals surface area contributed by atoms with Gasteiger partial charge in [0.05, 0.1) is 0 Å². The molecule has 1 amide bonds. The van der Waals surface area contributed by atoms with E-state index in [1.165, 1.54) is 16.2 Å². The first-order valence-corrected chi connectivity index (χ1v) is 9.70. The highest BCUT2D eigenvalue weighted by atomic mass is 32.1. The van der Waals surface area contributed by atoms with Gasteiger partial charge >= 0.3 is 0 Å². The Balaban J connectivity index is 1.58. The molecule has 134 valence electrons. The number of aliphatic imine (C=N–C) groups is 1. The van der Waals surface area contributed by atoms with E-state index in [0.29, 0.717) is 6.04 Å². The van der Waals surface area contributed by atoms with Gasteiger partial charge in [-0.15, -0.1) is 11.3 Å². The number of rotatable bonds is 8. The third-order valence-corrected chi connectivity index (χ3v) is 5.35. The molecular weight excluding hydrogens is 320 g/mol. The van der Waals surface area contributed by atoms with Crippen LogP contribution in [0.4, 0.5) is 0 Å². The average molecular weight is 351 g/mol. The molecule has 1 aromatic rings. The molecule has 0 aliphatic heterocycles. The minimum absolute atomic E-state index is 0.226. The Morgan fingerprint density at radius 2 is 2.08 bits per heavy atom. The molecule has 0 spiro atoms. The molecule has 1 saturated carbocycles. The third kappa shape index (κ3) is 6.15. The Bertz CT molecular complexity index is 551. The van der Waals surface area contributed by atoms with Gasteiger partial charge in [0.15, 0.2) is 5.96 Å². The molecule has 1 unspecified atom stereocenters. The Labute approximate surface area is 149 Å². The summed E-state index contributed by atoms with van der Waals surface area (Å²) < 4.78 is 0. The lowest BCUT2D eigenvalue weighted by atomic mass is 9.85. The maximum absolute atomic E-state index is 11.7. The first-order chi connectivity index (χ1) is 11.6. The van der Waals surface area contributed by atoms with Crippen LogP contribution in [0, 0.1) is 12.8 Å². The number of hydrogen-bond acceptors (Lipinski definition) is 3. The second kappa shape index (κ2) is 9.67. The van der Waals surface area contributed by atoms with Gasteiger partial charge in [0.2, 0.25) is 5.91 Å². The van der Waals surface area contributed by atoms with Gasteiger partial charge in [-0.05, 0) is 45.2 Å². The molecule has 1 fully saturated rings. The van der Waals surface area contributed by atoms with E-state index in [4.69, 9.17) is 0 Å². The normalized spacial score (nSPS) is 16.4.